The Hall–Kier alpha value is -2.41. The number of aromatic nitrogens is 2. The molecule has 2 saturated carbocycles. The predicted octanol–water partition coefficient (Wildman–Crippen LogP) is 4.67. The van der Waals surface area contributed by atoms with Crippen molar-refractivity contribution >= 4 is 22.9 Å². The van der Waals surface area contributed by atoms with Gasteiger partial charge in [0.15, 0.2) is 0 Å². The number of carbonyl (C=O) groups is 2. The van der Waals surface area contributed by atoms with Gasteiger partial charge < -0.3 is 14.6 Å². The highest BCUT2D eigenvalue weighted by Crippen LogP contribution is 2.40. The molecule has 2 aromatic heterocycles. The molecule has 1 aliphatic heterocycles. The van der Waals surface area contributed by atoms with Gasteiger partial charge in [-0.05, 0) is 83.3 Å². The van der Waals surface area contributed by atoms with E-state index in [0.717, 1.165) is 74.0 Å². The minimum Gasteiger partial charge on any atom is -0.478 e. The number of aryl methyl sites for hydroxylation is 1. The molecule has 3 aliphatic rings. The molecular formula is C28H40N4O3. The maximum absolute atomic E-state index is 12.8. The Morgan fingerprint density at radius 3 is 2.40 bits per heavy atom. The number of amides is 1. The monoisotopic (exact) mass is 480 g/mol. The third-order valence-electron chi connectivity index (χ3n) is 9.03. The third kappa shape index (κ3) is 4.26. The molecule has 35 heavy (non-hydrogen) atoms. The van der Waals surface area contributed by atoms with Crippen molar-refractivity contribution in [2.24, 2.45) is 11.8 Å². The number of rotatable bonds is 8. The van der Waals surface area contributed by atoms with Crippen LogP contribution in [0.4, 0.5) is 0 Å². The fourth-order valence-electron chi connectivity index (χ4n) is 6.80. The second-order valence-electron chi connectivity index (χ2n) is 11.0. The average molecular weight is 481 g/mol. The highest BCUT2D eigenvalue weighted by molar-refractivity contribution is 6.05. The number of carboxylic acids is 1. The normalized spacial score (nSPS) is 24.3. The van der Waals surface area contributed by atoms with Crippen molar-refractivity contribution in [3.63, 3.8) is 0 Å². The molecule has 190 valence electrons. The van der Waals surface area contributed by atoms with Gasteiger partial charge >= 0.3 is 5.97 Å². The van der Waals surface area contributed by atoms with Crippen molar-refractivity contribution in [2.45, 2.75) is 90.8 Å². The van der Waals surface area contributed by atoms with E-state index in [-0.39, 0.29) is 12.0 Å². The summed E-state index contributed by atoms with van der Waals surface area (Å²) in [6, 6.07) is 3.23. The molecule has 3 fully saturated rings. The zero-order valence-corrected chi connectivity index (χ0v) is 21.7. The summed E-state index contributed by atoms with van der Waals surface area (Å²) < 4.78 is 2.19. The summed E-state index contributed by atoms with van der Waals surface area (Å²) in [4.78, 5) is 34.3. The van der Waals surface area contributed by atoms with Gasteiger partial charge in [0.25, 0.3) is 0 Å². The topological polar surface area (TPSA) is 78.7 Å². The van der Waals surface area contributed by atoms with Gasteiger partial charge in [-0.3, -0.25) is 9.69 Å². The highest BCUT2D eigenvalue weighted by atomic mass is 16.4. The van der Waals surface area contributed by atoms with E-state index < -0.39 is 5.97 Å². The van der Waals surface area contributed by atoms with Gasteiger partial charge in [-0.15, -0.1) is 0 Å². The minimum atomic E-state index is -0.866. The average Bonchev–Trinajstić information content (AvgIpc) is 3.60. The Labute approximate surface area is 208 Å². The van der Waals surface area contributed by atoms with E-state index in [1.165, 1.54) is 12.8 Å². The van der Waals surface area contributed by atoms with Crippen LogP contribution in [0.2, 0.25) is 0 Å². The van der Waals surface area contributed by atoms with E-state index >= 15 is 0 Å². The molecule has 1 saturated heterocycles. The summed E-state index contributed by atoms with van der Waals surface area (Å²) in [7, 11) is 0. The smallest absolute Gasteiger partial charge is 0.338 e. The van der Waals surface area contributed by atoms with Crippen LogP contribution in [0, 0.1) is 18.8 Å². The summed E-state index contributed by atoms with van der Waals surface area (Å²) in [5, 5.41) is 10.8. The lowest BCUT2D eigenvalue weighted by atomic mass is 9.79. The number of carboxylic acid groups (broad SMARTS) is 1. The lowest BCUT2D eigenvalue weighted by Gasteiger charge is -2.47. The summed E-state index contributed by atoms with van der Waals surface area (Å²) in [6.45, 7) is 11.0. The van der Waals surface area contributed by atoms with E-state index in [1.807, 2.05) is 19.2 Å². The number of pyridine rings is 1. The van der Waals surface area contributed by atoms with Crippen molar-refractivity contribution in [3.05, 3.63) is 29.1 Å². The molecular weight excluding hydrogens is 440 g/mol. The quantitative estimate of drug-likeness (QED) is 0.594. The number of hydrogen-bond donors (Lipinski definition) is 1. The van der Waals surface area contributed by atoms with Crippen LogP contribution in [0.15, 0.2) is 12.3 Å². The lowest BCUT2D eigenvalue weighted by molar-refractivity contribution is -0.143. The first-order valence-electron chi connectivity index (χ1n) is 13.6. The van der Waals surface area contributed by atoms with Gasteiger partial charge in [-0.25, -0.2) is 9.78 Å². The lowest BCUT2D eigenvalue weighted by Crippen LogP contribution is -2.58. The molecule has 3 heterocycles. The molecule has 1 atom stereocenters. The van der Waals surface area contributed by atoms with Crippen LogP contribution < -0.4 is 0 Å². The Bertz CT molecular complexity index is 1110. The molecule has 1 amide bonds. The van der Waals surface area contributed by atoms with Crippen molar-refractivity contribution in [3.8, 4) is 0 Å². The zero-order valence-electron chi connectivity index (χ0n) is 21.7. The molecule has 7 nitrogen and oxygen atoms in total. The number of fused-ring (bicyclic) bond motifs is 1. The Kier molecular flexibility index (Phi) is 6.64. The maximum Gasteiger partial charge on any atom is 0.338 e. The fourth-order valence-corrected chi connectivity index (χ4v) is 6.80. The molecule has 7 heteroatoms. The van der Waals surface area contributed by atoms with E-state index in [2.05, 4.69) is 40.1 Å². The molecule has 0 spiro atoms. The SMILES string of the molecule is CCc1ccnc2c1c(C(=O)O)c(C)n2C(C)C1CCC(N2CC(C(=O)N(CC)C3CC3)C2)CC1. The van der Waals surface area contributed by atoms with E-state index in [0.29, 0.717) is 29.5 Å². The third-order valence-corrected chi connectivity index (χ3v) is 9.03. The first-order valence-corrected chi connectivity index (χ1v) is 13.6. The van der Waals surface area contributed by atoms with Crippen molar-refractivity contribution < 1.29 is 14.7 Å². The largest absolute Gasteiger partial charge is 0.478 e. The summed E-state index contributed by atoms with van der Waals surface area (Å²) >= 11 is 0. The van der Waals surface area contributed by atoms with Gasteiger partial charge in [0, 0.05) is 55.0 Å². The van der Waals surface area contributed by atoms with E-state index in [1.54, 1.807) is 0 Å². The number of aromatic carboxylic acids is 1. The number of hydrogen-bond acceptors (Lipinski definition) is 4. The fraction of sp³-hybridized carbons (Fsp3) is 0.679. The van der Waals surface area contributed by atoms with Crippen LogP contribution in [0.1, 0.15) is 87.0 Å². The van der Waals surface area contributed by atoms with Crippen LogP contribution in [0.5, 0.6) is 0 Å². The van der Waals surface area contributed by atoms with Gasteiger partial charge in [0.05, 0.1) is 11.5 Å². The molecule has 1 N–H and O–H groups in total. The second kappa shape index (κ2) is 9.57. The van der Waals surface area contributed by atoms with Crippen molar-refractivity contribution in [1.82, 2.24) is 19.4 Å². The summed E-state index contributed by atoms with van der Waals surface area (Å²) in [5.74, 6) is 0.194. The number of carbonyl (C=O) groups excluding carboxylic acids is 1. The van der Waals surface area contributed by atoms with Crippen LogP contribution in [-0.4, -0.2) is 68.1 Å². The van der Waals surface area contributed by atoms with Crippen LogP contribution in [0.3, 0.4) is 0 Å². The van der Waals surface area contributed by atoms with Gasteiger partial charge in [0.2, 0.25) is 5.91 Å². The Morgan fingerprint density at radius 2 is 1.83 bits per heavy atom. The molecule has 0 radical (unpaired) electrons. The molecule has 0 bridgehead atoms. The Morgan fingerprint density at radius 1 is 1.14 bits per heavy atom. The molecule has 0 aromatic carbocycles. The standard InChI is InChI=1S/C28H40N4O3/c1-5-19-13-14-29-26-25(19)24(28(34)35)18(4)32(26)17(3)20-7-9-22(10-8-20)30-15-21(16-30)27(33)31(6-2)23-11-12-23/h13-14,17,20-23H,5-12,15-16H2,1-4H3,(H,34,35). The van der Waals surface area contributed by atoms with Crippen molar-refractivity contribution in [2.75, 3.05) is 19.6 Å². The summed E-state index contributed by atoms with van der Waals surface area (Å²) in [5.41, 5.74) is 3.09. The molecule has 2 aliphatic carbocycles. The van der Waals surface area contributed by atoms with Crippen LogP contribution >= 0.6 is 0 Å². The highest BCUT2D eigenvalue weighted by Gasteiger charge is 2.43. The van der Waals surface area contributed by atoms with Gasteiger partial charge in [0.1, 0.15) is 5.65 Å². The van der Waals surface area contributed by atoms with Crippen LogP contribution in [0.25, 0.3) is 11.0 Å². The minimum absolute atomic E-state index is 0.189. The second-order valence-corrected chi connectivity index (χ2v) is 11.0. The summed E-state index contributed by atoms with van der Waals surface area (Å²) in [6.07, 6.45) is 9.50. The molecule has 2 aromatic rings. The van der Waals surface area contributed by atoms with Gasteiger partial charge in [-0.1, -0.05) is 6.92 Å². The van der Waals surface area contributed by atoms with Crippen LogP contribution in [-0.2, 0) is 11.2 Å². The van der Waals surface area contributed by atoms with Crippen molar-refractivity contribution in [1.29, 1.82) is 0 Å². The zero-order chi connectivity index (χ0) is 24.9. The first-order chi connectivity index (χ1) is 16.8. The van der Waals surface area contributed by atoms with Gasteiger partial charge in [-0.2, -0.15) is 0 Å². The van der Waals surface area contributed by atoms with E-state index in [9.17, 15) is 14.7 Å². The molecule has 1 unspecified atom stereocenters. The maximum atomic E-state index is 12.8. The predicted molar refractivity (Wildman–Crippen MR) is 137 cm³/mol. The Balaban J connectivity index is 1.24. The van der Waals surface area contributed by atoms with E-state index in [4.69, 9.17) is 0 Å². The number of likely N-dealkylation sites (tertiary alicyclic amines) is 1. The first kappa shape index (κ1) is 24.3. The number of nitrogens with zero attached hydrogens (tertiary/aromatic N) is 4. The molecule has 5 rings (SSSR count).